The second-order valence-corrected chi connectivity index (χ2v) is 3.10. The van der Waals surface area contributed by atoms with Crippen molar-refractivity contribution in [3.8, 4) is 5.75 Å². The average Bonchev–Trinajstić information content (AvgIpc) is 2.13. The highest BCUT2D eigenvalue weighted by atomic mass is 16.5. The summed E-state index contributed by atoms with van der Waals surface area (Å²) >= 11 is 0. The van der Waals surface area contributed by atoms with Gasteiger partial charge in [-0.1, -0.05) is 12.1 Å². The van der Waals surface area contributed by atoms with E-state index in [9.17, 15) is 4.79 Å². The SMILES string of the molecule is COc1cccc(C2CC(=O)N2)c1. The zero-order valence-corrected chi connectivity index (χ0v) is 7.41. The zero-order valence-electron chi connectivity index (χ0n) is 7.41. The van der Waals surface area contributed by atoms with E-state index in [2.05, 4.69) is 5.32 Å². The number of rotatable bonds is 2. The number of amides is 1. The Morgan fingerprint density at radius 2 is 2.31 bits per heavy atom. The van der Waals surface area contributed by atoms with Crippen LogP contribution in [0.3, 0.4) is 0 Å². The number of carbonyl (C=O) groups excluding carboxylic acids is 1. The van der Waals surface area contributed by atoms with Gasteiger partial charge in [0.25, 0.3) is 0 Å². The maximum absolute atomic E-state index is 10.7. The number of ether oxygens (including phenoxy) is 1. The monoisotopic (exact) mass is 177 g/mol. The van der Waals surface area contributed by atoms with E-state index in [1.54, 1.807) is 7.11 Å². The molecule has 1 saturated heterocycles. The van der Waals surface area contributed by atoms with E-state index in [-0.39, 0.29) is 11.9 Å². The molecule has 1 unspecified atom stereocenters. The van der Waals surface area contributed by atoms with Crippen molar-refractivity contribution >= 4 is 5.91 Å². The standard InChI is InChI=1S/C10H11NO2/c1-13-8-4-2-3-7(5-8)9-6-10(12)11-9/h2-5,9H,6H2,1H3,(H,11,12). The van der Waals surface area contributed by atoms with Gasteiger partial charge in [0.15, 0.2) is 0 Å². The van der Waals surface area contributed by atoms with Gasteiger partial charge in [0.1, 0.15) is 5.75 Å². The van der Waals surface area contributed by atoms with E-state index in [0.717, 1.165) is 11.3 Å². The van der Waals surface area contributed by atoms with Crippen molar-refractivity contribution < 1.29 is 9.53 Å². The summed E-state index contributed by atoms with van der Waals surface area (Å²) in [6, 6.07) is 7.95. The maximum atomic E-state index is 10.7. The van der Waals surface area contributed by atoms with Crippen LogP contribution in [0.1, 0.15) is 18.0 Å². The highest BCUT2D eigenvalue weighted by molar-refractivity contribution is 5.83. The van der Waals surface area contributed by atoms with Crippen molar-refractivity contribution in [2.45, 2.75) is 12.5 Å². The fourth-order valence-electron chi connectivity index (χ4n) is 1.42. The minimum Gasteiger partial charge on any atom is -0.497 e. The molecule has 1 N–H and O–H groups in total. The number of β-lactam (4-membered cyclic amide) rings is 1. The summed E-state index contributed by atoms with van der Waals surface area (Å²) in [5, 5.41) is 2.82. The molecule has 68 valence electrons. The lowest BCUT2D eigenvalue weighted by Gasteiger charge is -2.27. The zero-order chi connectivity index (χ0) is 9.26. The van der Waals surface area contributed by atoms with Gasteiger partial charge in [-0.05, 0) is 17.7 Å². The van der Waals surface area contributed by atoms with Gasteiger partial charge in [0.05, 0.1) is 19.6 Å². The lowest BCUT2D eigenvalue weighted by molar-refractivity contribution is -0.128. The Labute approximate surface area is 76.7 Å². The van der Waals surface area contributed by atoms with Crippen LogP contribution in [0.5, 0.6) is 5.75 Å². The quantitative estimate of drug-likeness (QED) is 0.690. The van der Waals surface area contributed by atoms with Crippen molar-refractivity contribution in [3.63, 3.8) is 0 Å². The van der Waals surface area contributed by atoms with Crippen LogP contribution in [-0.2, 0) is 4.79 Å². The smallest absolute Gasteiger partial charge is 0.222 e. The van der Waals surface area contributed by atoms with E-state index < -0.39 is 0 Å². The first-order chi connectivity index (χ1) is 6.29. The van der Waals surface area contributed by atoms with E-state index in [1.165, 1.54) is 0 Å². The van der Waals surface area contributed by atoms with Gasteiger partial charge in [-0.15, -0.1) is 0 Å². The highest BCUT2D eigenvalue weighted by Crippen LogP contribution is 2.26. The predicted octanol–water partition coefficient (Wildman–Crippen LogP) is 1.26. The molecule has 0 radical (unpaired) electrons. The molecule has 0 spiro atoms. The van der Waals surface area contributed by atoms with Gasteiger partial charge in [0.2, 0.25) is 5.91 Å². The lowest BCUT2D eigenvalue weighted by atomic mass is 9.97. The van der Waals surface area contributed by atoms with Crippen molar-refractivity contribution in [1.82, 2.24) is 5.32 Å². The normalized spacial score (nSPS) is 20.4. The third-order valence-electron chi connectivity index (χ3n) is 2.22. The van der Waals surface area contributed by atoms with E-state index in [4.69, 9.17) is 4.74 Å². The average molecular weight is 177 g/mol. The number of methoxy groups -OCH3 is 1. The van der Waals surface area contributed by atoms with Crippen molar-refractivity contribution in [1.29, 1.82) is 0 Å². The largest absolute Gasteiger partial charge is 0.497 e. The number of carbonyl (C=O) groups is 1. The third kappa shape index (κ3) is 1.49. The van der Waals surface area contributed by atoms with E-state index in [0.29, 0.717) is 6.42 Å². The number of benzene rings is 1. The molecular formula is C10H11NO2. The van der Waals surface area contributed by atoms with Gasteiger partial charge in [-0.2, -0.15) is 0 Å². The molecule has 1 amide bonds. The minimum absolute atomic E-state index is 0.118. The van der Waals surface area contributed by atoms with Crippen LogP contribution in [-0.4, -0.2) is 13.0 Å². The Morgan fingerprint density at radius 3 is 2.92 bits per heavy atom. The molecule has 0 saturated carbocycles. The molecule has 0 bridgehead atoms. The third-order valence-corrected chi connectivity index (χ3v) is 2.22. The summed E-state index contributed by atoms with van der Waals surface area (Å²) in [7, 11) is 1.64. The number of hydrogen-bond donors (Lipinski definition) is 1. The first-order valence-electron chi connectivity index (χ1n) is 4.23. The Balaban J connectivity index is 2.16. The molecule has 1 aliphatic heterocycles. The van der Waals surface area contributed by atoms with Crippen LogP contribution < -0.4 is 10.1 Å². The topological polar surface area (TPSA) is 38.3 Å². The van der Waals surface area contributed by atoms with E-state index >= 15 is 0 Å². The molecule has 1 aliphatic rings. The first-order valence-corrected chi connectivity index (χ1v) is 4.23. The molecule has 0 aliphatic carbocycles. The molecule has 1 fully saturated rings. The molecule has 13 heavy (non-hydrogen) atoms. The van der Waals surface area contributed by atoms with Crippen molar-refractivity contribution in [3.05, 3.63) is 29.8 Å². The Morgan fingerprint density at radius 1 is 1.54 bits per heavy atom. The van der Waals surface area contributed by atoms with Gasteiger partial charge in [-0.3, -0.25) is 4.79 Å². The minimum atomic E-state index is 0.118. The summed E-state index contributed by atoms with van der Waals surface area (Å²) in [5.41, 5.74) is 1.11. The summed E-state index contributed by atoms with van der Waals surface area (Å²) in [6.45, 7) is 0. The predicted molar refractivity (Wildman–Crippen MR) is 48.5 cm³/mol. The summed E-state index contributed by atoms with van der Waals surface area (Å²) < 4.78 is 5.09. The van der Waals surface area contributed by atoms with Gasteiger partial charge < -0.3 is 10.1 Å². The van der Waals surface area contributed by atoms with Gasteiger partial charge in [0, 0.05) is 0 Å². The molecule has 2 rings (SSSR count). The lowest BCUT2D eigenvalue weighted by Crippen LogP contribution is -2.41. The second-order valence-electron chi connectivity index (χ2n) is 3.10. The first kappa shape index (κ1) is 8.10. The fourth-order valence-corrected chi connectivity index (χ4v) is 1.42. The molecule has 1 aromatic rings. The summed E-state index contributed by atoms with van der Waals surface area (Å²) in [5.74, 6) is 0.950. The molecular weight excluding hydrogens is 166 g/mol. The van der Waals surface area contributed by atoms with Gasteiger partial charge in [-0.25, -0.2) is 0 Å². The van der Waals surface area contributed by atoms with Crippen LogP contribution in [0.4, 0.5) is 0 Å². The Bertz CT molecular complexity index is 327. The van der Waals surface area contributed by atoms with Crippen LogP contribution >= 0.6 is 0 Å². The van der Waals surface area contributed by atoms with Crippen LogP contribution in [0, 0.1) is 0 Å². The Hall–Kier alpha value is -1.51. The molecule has 3 nitrogen and oxygen atoms in total. The van der Waals surface area contributed by atoms with Crippen molar-refractivity contribution in [2.75, 3.05) is 7.11 Å². The number of nitrogens with one attached hydrogen (secondary N) is 1. The molecule has 3 heteroatoms. The van der Waals surface area contributed by atoms with Gasteiger partial charge >= 0.3 is 0 Å². The molecule has 1 heterocycles. The van der Waals surface area contributed by atoms with Crippen LogP contribution in [0.15, 0.2) is 24.3 Å². The van der Waals surface area contributed by atoms with Crippen LogP contribution in [0.2, 0.25) is 0 Å². The second kappa shape index (κ2) is 3.09. The molecule has 0 aromatic heterocycles. The highest BCUT2D eigenvalue weighted by Gasteiger charge is 2.26. The van der Waals surface area contributed by atoms with Crippen molar-refractivity contribution in [2.24, 2.45) is 0 Å². The van der Waals surface area contributed by atoms with E-state index in [1.807, 2.05) is 24.3 Å². The number of hydrogen-bond acceptors (Lipinski definition) is 2. The summed E-state index contributed by atoms with van der Waals surface area (Å²) in [6.07, 6.45) is 0.590. The Kier molecular flexibility index (Phi) is 1.93. The summed E-state index contributed by atoms with van der Waals surface area (Å²) in [4.78, 5) is 10.7. The fraction of sp³-hybridized carbons (Fsp3) is 0.300. The maximum Gasteiger partial charge on any atom is 0.222 e. The van der Waals surface area contributed by atoms with Crippen LogP contribution in [0.25, 0.3) is 0 Å². The molecule has 1 aromatic carbocycles. The molecule has 1 atom stereocenters.